The van der Waals surface area contributed by atoms with E-state index < -0.39 is 11.2 Å². The van der Waals surface area contributed by atoms with Crippen LogP contribution in [0.25, 0.3) is 0 Å². The number of phenolic OH excluding ortho intramolecular Hbond substituents is 1. The second-order valence-corrected chi connectivity index (χ2v) is 11.4. The number of likely N-dealkylation sites (N-methyl/N-ethyl adjacent to an activating group) is 1. The van der Waals surface area contributed by atoms with Crippen molar-refractivity contribution < 1.29 is 19.7 Å². The number of methoxy groups -OCH3 is 1. The van der Waals surface area contributed by atoms with Crippen molar-refractivity contribution in [2.45, 2.75) is 87.6 Å². The number of unbranched alkanes of at least 4 members (excludes halogenated alkanes) is 2. The fraction of sp³-hybridized carbons (Fsp3) is 0.704. The summed E-state index contributed by atoms with van der Waals surface area (Å²) in [6.07, 6.45) is 11.3. The maximum atomic E-state index is 11.9. The van der Waals surface area contributed by atoms with Gasteiger partial charge in [0.15, 0.2) is 11.5 Å². The molecule has 1 aromatic rings. The van der Waals surface area contributed by atoms with Crippen molar-refractivity contribution in [3.8, 4) is 11.5 Å². The number of aliphatic hydroxyl groups is 1. The monoisotopic (exact) mass is 439 g/mol. The van der Waals surface area contributed by atoms with Crippen LogP contribution in [0, 0.1) is 11.3 Å². The molecule has 1 aromatic carbocycles. The number of ether oxygens (including phenoxy) is 2. The SMILES string of the molecule is CCCCC[C@@](C)(O)[C@H]1CC23C=C[C@@]1(OC)[C@@H]1Oc4c(O)ccc5c4[C@@]12CCN(C)[C@@H]3C5. The van der Waals surface area contributed by atoms with Gasteiger partial charge in [0.25, 0.3) is 0 Å². The zero-order valence-electron chi connectivity index (χ0n) is 19.9. The third-order valence-corrected chi connectivity index (χ3v) is 10.1. The molecular weight excluding hydrogens is 402 g/mol. The normalized spacial score (nSPS) is 42.5. The third kappa shape index (κ3) is 2.17. The minimum Gasteiger partial charge on any atom is -0.504 e. The maximum Gasteiger partial charge on any atom is 0.165 e. The van der Waals surface area contributed by atoms with Gasteiger partial charge in [0.2, 0.25) is 0 Å². The fourth-order valence-electron chi connectivity index (χ4n) is 8.67. The van der Waals surface area contributed by atoms with Gasteiger partial charge in [-0.3, -0.25) is 0 Å². The molecule has 2 heterocycles. The number of nitrogens with zero attached hydrogens (tertiary/aromatic N) is 1. The van der Waals surface area contributed by atoms with E-state index >= 15 is 0 Å². The predicted octanol–water partition coefficient (Wildman–Crippen LogP) is 3.94. The first-order valence-corrected chi connectivity index (χ1v) is 12.5. The largest absolute Gasteiger partial charge is 0.504 e. The van der Waals surface area contributed by atoms with E-state index in [1.165, 1.54) is 11.1 Å². The van der Waals surface area contributed by atoms with Crippen LogP contribution in [-0.4, -0.2) is 59.2 Å². The maximum absolute atomic E-state index is 11.9. The molecule has 5 nitrogen and oxygen atoms in total. The molecule has 1 unspecified atom stereocenters. The summed E-state index contributed by atoms with van der Waals surface area (Å²) in [6, 6.07) is 4.25. The molecule has 0 aromatic heterocycles. The summed E-state index contributed by atoms with van der Waals surface area (Å²) >= 11 is 0. The summed E-state index contributed by atoms with van der Waals surface area (Å²) in [5.74, 6) is 0.834. The second-order valence-electron chi connectivity index (χ2n) is 11.4. The molecule has 2 fully saturated rings. The first-order valence-electron chi connectivity index (χ1n) is 12.5. The topological polar surface area (TPSA) is 62.2 Å². The number of hydrogen-bond donors (Lipinski definition) is 2. The molecule has 7 rings (SSSR count). The second kappa shape index (κ2) is 6.52. The fourth-order valence-corrected chi connectivity index (χ4v) is 8.67. The van der Waals surface area contributed by atoms with Crippen LogP contribution in [0.4, 0.5) is 0 Å². The number of rotatable bonds is 6. The molecule has 5 heteroatoms. The Morgan fingerprint density at radius 2 is 2.09 bits per heavy atom. The summed E-state index contributed by atoms with van der Waals surface area (Å²) in [4.78, 5) is 2.52. The average Bonchev–Trinajstić information content (AvgIpc) is 3.15. The number of fused-ring (bicyclic) bond motifs is 1. The van der Waals surface area contributed by atoms with Crippen molar-refractivity contribution >= 4 is 0 Å². The van der Waals surface area contributed by atoms with Crippen molar-refractivity contribution in [3.63, 3.8) is 0 Å². The summed E-state index contributed by atoms with van der Waals surface area (Å²) in [5.41, 5.74) is 0.626. The van der Waals surface area contributed by atoms with Gasteiger partial charge in [-0.2, -0.15) is 0 Å². The van der Waals surface area contributed by atoms with E-state index in [-0.39, 0.29) is 28.6 Å². The zero-order valence-corrected chi connectivity index (χ0v) is 19.9. The average molecular weight is 440 g/mol. The van der Waals surface area contributed by atoms with Crippen molar-refractivity contribution in [1.29, 1.82) is 0 Å². The molecule has 7 atom stereocenters. The molecule has 1 saturated carbocycles. The molecule has 32 heavy (non-hydrogen) atoms. The van der Waals surface area contributed by atoms with Gasteiger partial charge in [0.05, 0.1) is 11.0 Å². The Balaban J connectivity index is 1.57. The third-order valence-electron chi connectivity index (χ3n) is 10.1. The van der Waals surface area contributed by atoms with Gasteiger partial charge in [-0.1, -0.05) is 44.4 Å². The van der Waals surface area contributed by atoms with Crippen LogP contribution in [0.3, 0.4) is 0 Å². The minimum atomic E-state index is -0.849. The molecule has 2 aliphatic heterocycles. The Bertz CT molecular complexity index is 988. The highest BCUT2D eigenvalue weighted by molar-refractivity contribution is 5.65. The van der Waals surface area contributed by atoms with E-state index in [0.29, 0.717) is 11.8 Å². The summed E-state index contributed by atoms with van der Waals surface area (Å²) < 4.78 is 13.2. The highest BCUT2D eigenvalue weighted by Gasteiger charge is 2.80. The lowest BCUT2D eigenvalue weighted by molar-refractivity contribution is -0.247. The quantitative estimate of drug-likeness (QED) is 0.519. The van der Waals surface area contributed by atoms with E-state index in [9.17, 15) is 10.2 Å². The number of hydrogen-bond acceptors (Lipinski definition) is 5. The van der Waals surface area contributed by atoms with Gasteiger partial charge in [0.1, 0.15) is 11.7 Å². The van der Waals surface area contributed by atoms with Gasteiger partial charge in [0, 0.05) is 30.0 Å². The first kappa shape index (κ1) is 21.0. The number of aromatic hydroxyl groups is 1. The van der Waals surface area contributed by atoms with Crippen LogP contribution in [-0.2, 0) is 16.6 Å². The van der Waals surface area contributed by atoms with Gasteiger partial charge in [-0.15, -0.1) is 0 Å². The van der Waals surface area contributed by atoms with Crippen LogP contribution in [0.2, 0.25) is 0 Å². The van der Waals surface area contributed by atoms with E-state index in [2.05, 4.69) is 37.1 Å². The van der Waals surface area contributed by atoms with Gasteiger partial charge >= 0.3 is 0 Å². The van der Waals surface area contributed by atoms with Gasteiger partial charge < -0.3 is 24.6 Å². The Morgan fingerprint density at radius 3 is 2.84 bits per heavy atom. The molecule has 174 valence electrons. The molecule has 4 bridgehead atoms. The Morgan fingerprint density at radius 1 is 1.28 bits per heavy atom. The van der Waals surface area contributed by atoms with E-state index in [1.54, 1.807) is 13.2 Å². The molecule has 2 N–H and O–H groups in total. The molecule has 1 saturated heterocycles. The highest BCUT2D eigenvalue weighted by atomic mass is 16.6. The van der Waals surface area contributed by atoms with Crippen molar-refractivity contribution in [1.82, 2.24) is 4.90 Å². The van der Waals surface area contributed by atoms with Crippen molar-refractivity contribution in [3.05, 3.63) is 35.4 Å². The molecule has 0 amide bonds. The molecule has 0 radical (unpaired) electrons. The van der Waals surface area contributed by atoms with Crippen molar-refractivity contribution in [2.75, 3.05) is 20.7 Å². The van der Waals surface area contributed by atoms with Crippen LogP contribution in [0.1, 0.15) is 63.5 Å². The predicted molar refractivity (Wildman–Crippen MR) is 123 cm³/mol. The molecule has 6 aliphatic rings. The van der Waals surface area contributed by atoms with E-state index in [4.69, 9.17) is 9.47 Å². The smallest absolute Gasteiger partial charge is 0.165 e. The number of benzene rings is 1. The van der Waals surface area contributed by atoms with Gasteiger partial charge in [-0.05, 0) is 57.8 Å². The lowest BCUT2D eigenvalue weighted by atomic mass is 9.36. The van der Waals surface area contributed by atoms with Crippen LogP contribution in [0.5, 0.6) is 11.5 Å². The van der Waals surface area contributed by atoms with Crippen LogP contribution >= 0.6 is 0 Å². The van der Waals surface area contributed by atoms with E-state index in [0.717, 1.165) is 51.5 Å². The summed E-state index contributed by atoms with van der Waals surface area (Å²) in [5, 5.41) is 22.7. The Hall–Kier alpha value is -1.56. The summed E-state index contributed by atoms with van der Waals surface area (Å²) in [6.45, 7) is 5.22. The number of phenols is 1. The van der Waals surface area contributed by atoms with Gasteiger partial charge in [-0.25, -0.2) is 0 Å². The molecule has 2 spiro atoms. The van der Waals surface area contributed by atoms with Crippen LogP contribution in [0.15, 0.2) is 24.3 Å². The number of likely N-dealkylation sites (tertiary alicyclic amines) is 1. The summed E-state index contributed by atoms with van der Waals surface area (Å²) in [7, 11) is 4.02. The lowest BCUT2D eigenvalue weighted by Crippen LogP contribution is -2.80. The lowest BCUT2D eigenvalue weighted by Gasteiger charge is -2.72. The van der Waals surface area contributed by atoms with Crippen molar-refractivity contribution in [2.24, 2.45) is 11.3 Å². The standard InChI is InChI=1S/C27H37NO4/c1-5-6-7-10-24(2,30)19-16-25-11-12-27(19,31-4)23-26(25)13-14-28(3)20(25)15-17-8-9-18(29)22(32-23)21(17)26/h8-9,11-12,19-20,23,29-30H,5-7,10,13-16H2,1-4H3/t19-,20-,23-,24-,25?,26+,27+/m1/s1. The Labute approximate surface area is 191 Å². The number of piperidine rings is 1. The molecule has 4 aliphatic carbocycles. The van der Waals surface area contributed by atoms with E-state index in [1.807, 2.05) is 6.92 Å². The highest BCUT2D eigenvalue weighted by Crippen LogP contribution is 2.75. The minimum absolute atomic E-state index is 0.0630. The zero-order chi connectivity index (χ0) is 22.5. The first-order chi connectivity index (χ1) is 15.3. The Kier molecular flexibility index (Phi) is 4.28. The van der Waals surface area contributed by atoms with Crippen LogP contribution < -0.4 is 4.74 Å². The molecular formula is C27H37NO4.